The van der Waals surface area contributed by atoms with Gasteiger partial charge in [-0.2, -0.15) is 4.73 Å². The number of amides is 1. The summed E-state index contributed by atoms with van der Waals surface area (Å²) < 4.78 is 7.28. The van der Waals surface area contributed by atoms with Crippen LogP contribution < -0.4 is 15.7 Å². The number of carbonyl (C=O) groups excluding carboxylic acids is 2. The van der Waals surface area contributed by atoms with Crippen molar-refractivity contribution in [2.75, 3.05) is 0 Å². The summed E-state index contributed by atoms with van der Waals surface area (Å²) in [4.78, 5) is 29.6. The van der Waals surface area contributed by atoms with Crippen molar-refractivity contribution in [1.29, 1.82) is 0 Å². The SMILES string of the molecule is CC(=O)On1c(C)c(CNNC(=O)c2cc3c(ccc4ccccc43)o2)c2ccccc21. The molecule has 0 fully saturated rings. The molecule has 0 aliphatic carbocycles. The fraction of sp³-hybridized carbons (Fsp3) is 0.120. The van der Waals surface area contributed by atoms with Gasteiger partial charge in [-0.25, -0.2) is 10.2 Å². The third kappa shape index (κ3) is 3.38. The van der Waals surface area contributed by atoms with E-state index >= 15 is 0 Å². The second kappa shape index (κ2) is 7.86. The van der Waals surface area contributed by atoms with Gasteiger partial charge in [0.25, 0.3) is 0 Å². The van der Waals surface area contributed by atoms with Gasteiger partial charge in [0, 0.05) is 24.2 Å². The van der Waals surface area contributed by atoms with Gasteiger partial charge in [0.15, 0.2) is 5.76 Å². The first kappa shape index (κ1) is 19.8. The molecule has 0 saturated heterocycles. The van der Waals surface area contributed by atoms with E-state index in [9.17, 15) is 9.59 Å². The van der Waals surface area contributed by atoms with Gasteiger partial charge in [0.05, 0.1) is 11.2 Å². The maximum absolute atomic E-state index is 12.7. The van der Waals surface area contributed by atoms with Crippen LogP contribution in [-0.4, -0.2) is 16.6 Å². The number of fused-ring (bicyclic) bond motifs is 4. The Morgan fingerprint density at radius 1 is 0.969 bits per heavy atom. The first-order valence-electron chi connectivity index (χ1n) is 10.3. The van der Waals surface area contributed by atoms with Crippen molar-refractivity contribution >= 4 is 44.5 Å². The number of nitrogens with zero attached hydrogens (tertiary/aromatic N) is 1. The maximum atomic E-state index is 12.7. The number of nitrogens with one attached hydrogen (secondary N) is 2. The molecular formula is C25H21N3O4. The van der Waals surface area contributed by atoms with Crippen LogP contribution in [0.3, 0.4) is 0 Å². The molecule has 0 aliphatic rings. The van der Waals surface area contributed by atoms with Crippen LogP contribution in [0.5, 0.6) is 0 Å². The number of benzene rings is 3. The Morgan fingerprint density at radius 3 is 2.53 bits per heavy atom. The average Bonchev–Trinajstić information content (AvgIpc) is 3.34. The Balaban J connectivity index is 1.36. The first-order chi connectivity index (χ1) is 15.5. The summed E-state index contributed by atoms with van der Waals surface area (Å²) in [5, 5.41) is 3.96. The zero-order valence-electron chi connectivity index (χ0n) is 17.6. The van der Waals surface area contributed by atoms with Gasteiger partial charge < -0.3 is 9.25 Å². The Labute approximate surface area is 183 Å². The number of hydrogen-bond donors (Lipinski definition) is 2. The second-order valence-corrected chi connectivity index (χ2v) is 7.58. The van der Waals surface area contributed by atoms with E-state index in [1.54, 1.807) is 6.07 Å². The molecule has 7 nitrogen and oxygen atoms in total. The lowest BCUT2D eigenvalue weighted by Crippen LogP contribution is -2.36. The predicted octanol–water partition coefficient (Wildman–Crippen LogP) is 4.26. The molecule has 3 aromatic carbocycles. The van der Waals surface area contributed by atoms with E-state index in [-0.39, 0.29) is 11.7 Å². The number of rotatable bonds is 5. The predicted molar refractivity (Wildman–Crippen MR) is 122 cm³/mol. The molecule has 0 unspecified atom stereocenters. The largest absolute Gasteiger partial charge is 0.451 e. The number of hydrogen-bond acceptors (Lipinski definition) is 5. The van der Waals surface area contributed by atoms with Gasteiger partial charge >= 0.3 is 11.9 Å². The van der Waals surface area contributed by atoms with Gasteiger partial charge in [0.2, 0.25) is 0 Å². The highest BCUT2D eigenvalue weighted by Gasteiger charge is 2.17. The van der Waals surface area contributed by atoms with Gasteiger partial charge in [-0.15, -0.1) is 0 Å². The molecule has 2 aromatic heterocycles. The van der Waals surface area contributed by atoms with Crippen LogP contribution in [0, 0.1) is 6.92 Å². The molecule has 1 amide bonds. The molecule has 0 radical (unpaired) electrons. The van der Waals surface area contributed by atoms with E-state index in [1.165, 1.54) is 11.7 Å². The summed E-state index contributed by atoms with van der Waals surface area (Å²) in [6.07, 6.45) is 0. The fourth-order valence-electron chi connectivity index (χ4n) is 4.05. The highest BCUT2D eigenvalue weighted by molar-refractivity contribution is 6.08. The molecule has 0 saturated carbocycles. The number of para-hydroxylation sites is 1. The molecule has 2 heterocycles. The number of hydrazine groups is 1. The van der Waals surface area contributed by atoms with Crippen LogP contribution in [0.15, 0.2) is 71.1 Å². The van der Waals surface area contributed by atoms with Crippen LogP contribution in [0.4, 0.5) is 0 Å². The quantitative estimate of drug-likeness (QED) is 0.410. The molecule has 0 atom stereocenters. The highest BCUT2D eigenvalue weighted by atomic mass is 16.7. The molecular weight excluding hydrogens is 406 g/mol. The van der Waals surface area contributed by atoms with Crippen molar-refractivity contribution < 1.29 is 18.8 Å². The van der Waals surface area contributed by atoms with Gasteiger partial charge in [-0.1, -0.05) is 48.5 Å². The van der Waals surface area contributed by atoms with E-state index in [4.69, 9.17) is 9.25 Å². The highest BCUT2D eigenvalue weighted by Crippen LogP contribution is 2.28. The lowest BCUT2D eigenvalue weighted by molar-refractivity contribution is -0.141. The molecule has 7 heteroatoms. The van der Waals surface area contributed by atoms with Crippen molar-refractivity contribution in [3.8, 4) is 0 Å². The molecule has 5 rings (SSSR count). The Bertz CT molecular complexity index is 1500. The Morgan fingerprint density at radius 2 is 1.72 bits per heavy atom. The lowest BCUT2D eigenvalue weighted by atomic mass is 10.1. The van der Waals surface area contributed by atoms with E-state index < -0.39 is 5.97 Å². The zero-order chi connectivity index (χ0) is 22.2. The third-order valence-corrected chi connectivity index (χ3v) is 5.53. The number of aromatic nitrogens is 1. The monoisotopic (exact) mass is 427 g/mol. The standard InChI is InChI=1S/C25H21N3O4/c1-15-21(19-9-5-6-10-22(19)28(15)32-16(2)29)14-26-27-25(30)24-13-20-18-8-4-3-7-17(18)11-12-23(20)31-24/h3-13,26H,14H2,1-2H3,(H,27,30). The molecule has 160 valence electrons. The minimum atomic E-state index is -0.404. The summed E-state index contributed by atoms with van der Waals surface area (Å²) in [5.41, 5.74) is 8.80. The van der Waals surface area contributed by atoms with Gasteiger partial charge in [-0.3, -0.25) is 10.2 Å². The smallest absolute Gasteiger partial charge is 0.329 e. The summed E-state index contributed by atoms with van der Waals surface area (Å²) in [5.74, 6) is -0.548. The van der Waals surface area contributed by atoms with E-state index in [2.05, 4.69) is 10.9 Å². The minimum absolute atomic E-state index is 0.225. The molecule has 32 heavy (non-hydrogen) atoms. The normalized spacial score (nSPS) is 11.3. The van der Waals surface area contributed by atoms with Crippen molar-refractivity contribution in [3.05, 3.63) is 83.7 Å². The lowest BCUT2D eigenvalue weighted by Gasteiger charge is -2.08. The molecule has 0 aliphatic heterocycles. The molecule has 0 spiro atoms. The van der Waals surface area contributed by atoms with Crippen LogP contribution in [0.25, 0.3) is 32.6 Å². The van der Waals surface area contributed by atoms with E-state index in [0.29, 0.717) is 12.1 Å². The second-order valence-electron chi connectivity index (χ2n) is 7.58. The summed E-state index contributed by atoms with van der Waals surface area (Å²) in [7, 11) is 0. The van der Waals surface area contributed by atoms with Gasteiger partial charge in [0.1, 0.15) is 5.58 Å². The Kier molecular flexibility index (Phi) is 4.88. The summed E-state index contributed by atoms with van der Waals surface area (Å²) >= 11 is 0. The number of furan rings is 1. The van der Waals surface area contributed by atoms with Crippen LogP contribution in [0.1, 0.15) is 28.7 Å². The molecule has 5 aromatic rings. The fourth-order valence-corrected chi connectivity index (χ4v) is 4.05. The van der Waals surface area contributed by atoms with Crippen LogP contribution >= 0.6 is 0 Å². The van der Waals surface area contributed by atoms with E-state index in [0.717, 1.165) is 38.3 Å². The third-order valence-electron chi connectivity index (χ3n) is 5.53. The van der Waals surface area contributed by atoms with Crippen molar-refractivity contribution in [1.82, 2.24) is 15.6 Å². The van der Waals surface area contributed by atoms with Crippen LogP contribution in [0.2, 0.25) is 0 Å². The van der Waals surface area contributed by atoms with Crippen molar-refractivity contribution in [2.45, 2.75) is 20.4 Å². The Hall–Kier alpha value is -4.10. The number of carbonyl (C=O) groups is 2. The minimum Gasteiger partial charge on any atom is -0.451 e. The van der Waals surface area contributed by atoms with Crippen LogP contribution in [-0.2, 0) is 11.3 Å². The van der Waals surface area contributed by atoms with Crippen molar-refractivity contribution in [3.63, 3.8) is 0 Å². The molecule has 2 N–H and O–H groups in total. The van der Waals surface area contributed by atoms with Gasteiger partial charge in [-0.05, 0) is 41.5 Å². The topological polar surface area (TPSA) is 85.5 Å². The zero-order valence-corrected chi connectivity index (χ0v) is 17.6. The van der Waals surface area contributed by atoms with Crippen molar-refractivity contribution in [2.24, 2.45) is 0 Å². The average molecular weight is 427 g/mol. The molecule has 0 bridgehead atoms. The van der Waals surface area contributed by atoms with E-state index in [1.807, 2.05) is 67.6 Å². The first-order valence-corrected chi connectivity index (χ1v) is 10.3. The maximum Gasteiger partial charge on any atom is 0.329 e. The summed E-state index contributed by atoms with van der Waals surface area (Å²) in [6, 6.07) is 21.2. The summed E-state index contributed by atoms with van der Waals surface area (Å²) in [6.45, 7) is 3.57.